The number of para-hydroxylation sites is 1. The number of piperidine rings is 1. The molecule has 3 rings (SSSR count). The summed E-state index contributed by atoms with van der Waals surface area (Å²) < 4.78 is 14.9. The molecule has 0 spiro atoms. The summed E-state index contributed by atoms with van der Waals surface area (Å²) in [5, 5.41) is 0. The van der Waals surface area contributed by atoms with E-state index in [9.17, 15) is 4.39 Å². The zero-order valence-electron chi connectivity index (χ0n) is 11.2. The fourth-order valence-electron chi connectivity index (χ4n) is 2.90. The number of hydrogen-bond acceptors (Lipinski definition) is 1. The number of halogens is 2. The zero-order valence-corrected chi connectivity index (χ0v) is 12.8. The second kappa shape index (κ2) is 5.96. The summed E-state index contributed by atoms with van der Waals surface area (Å²) in [6, 6.07) is 15.6. The van der Waals surface area contributed by atoms with Gasteiger partial charge in [-0.25, -0.2) is 4.39 Å². The molecule has 0 bridgehead atoms. The molecule has 104 valence electrons. The van der Waals surface area contributed by atoms with E-state index >= 15 is 0 Å². The van der Waals surface area contributed by atoms with Gasteiger partial charge in [0, 0.05) is 17.6 Å². The van der Waals surface area contributed by atoms with Gasteiger partial charge in [0.15, 0.2) is 0 Å². The van der Waals surface area contributed by atoms with Crippen LogP contribution in [-0.4, -0.2) is 13.1 Å². The van der Waals surface area contributed by atoms with Crippen molar-refractivity contribution in [2.45, 2.75) is 18.8 Å². The van der Waals surface area contributed by atoms with E-state index in [4.69, 9.17) is 0 Å². The van der Waals surface area contributed by atoms with Crippen molar-refractivity contribution in [3.8, 4) is 0 Å². The Balaban J connectivity index is 1.68. The van der Waals surface area contributed by atoms with Crippen LogP contribution in [0.3, 0.4) is 0 Å². The highest BCUT2D eigenvalue weighted by Crippen LogP contribution is 2.31. The third-order valence-corrected chi connectivity index (χ3v) is 4.56. The van der Waals surface area contributed by atoms with Gasteiger partial charge in [-0.3, -0.25) is 0 Å². The Morgan fingerprint density at radius 1 is 0.950 bits per heavy atom. The van der Waals surface area contributed by atoms with Gasteiger partial charge in [0.1, 0.15) is 5.82 Å². The molecule has 0 radical (unpaired) electrons. The number of hydrogen-bond donors (Lipinski definition) is 0. The number of nitrogens with zero attached hydrogens (tertiary/aromatic N) is 1. The Kier molecular flexibility index (Phi) is 4.06. The fourth-order valence-corrected chi connectivity index (χ4v) is 3.16. The summed E-state index contributed by atoms with van der Waals surface area (Å²) in [7, 11) is 0. The predicted molar refractivity (Wildman–Crippen MR) is 84.7 cm³/mol. The van der Waals surface area contributed by atoms with Gasteiger partial charge in [0.05, 0.1) is 5.69 Å². The van der Waals surface area contributed by atoms with Gasteiger partial charge in [0.2, 0.25) is 0 Å². The minimum atomic E-state index is -0.116. The molecule has 1 fully saturated rings. The highest BCUT2D eigenvalue weighted by molar-refractivity contribution is 9.10. The lowest BCUT2D eigenvalue weighted by Crippen LogP contribution is -2.33. The number of anilines is 1. The minimum absolute atomic E-state index is 0.116. The SMILES string of the molecule is Fc1ccccc1N1CCC(c2ccc(Br)cc2)CC1. The average Bonchev–Trinajstić information content (AvgIpc) is 2.49. The molecule has 2 aromatic carbocycles. The van der Waals surface area contributed by atoms with Gasteiger partial charge >= 0.3 is 0 Å². The molecule has 0 N–H and O–H groups in total. The van der Waals surface area contributed by atoms with Gasteiger partial charge in [-0.1, -0.05) is 40.2 Å². The summed E-state index contributed by atoms with van der Waals surface area (Å²) in [6.07, 6.45) is 2.16. The van der Waals surface area contributed by atoms with Crippen LogP contribution >= 0.6 is 15.9 Å². The van der Waals surface area contributed by atoms with E-state index in [1.807, 2.05) is 12.1 Å². The third-order valence-electron chi connectivity index (χ3n) is 4.03. The van der Waals surface area contributed by atoms with E-state index in [0.29, 0.717) is 5.92 Å². The van der Waals surface area contributed by atoms with Crippen molar-refractivity contribution < 1.29 is 4.39 Å². The van der Waals surface area contributed by atoms with Crippen LogP contribution in [0.2, 0.25) is 0 Å². The summed E-state index contributed by atoms with van der Waals surface area (Å²) in [6.45, 7) is 1.84. The average molecular weight is 334 g/mol. The molecule has 2 aromatic rings. The maximum Gasteiger partial charge on any atom is 0.146 e. The Morgan fingerprint density at radius 2 is 1.60 bits per heavy atom. The molecule has 0 aliphatic carbocycles. The summed E-state index contributed by atoms with van der Waals surface area (Å²) >= 11 is 3.47. The summed E-state index contributed by atoms with van der Waals surface area (Å²) in [5.41, 5.74) is 2.13. The molecule has 1 aliphatic heterocycles. The molecule has 0 unspecified atom stereocenters. The third kappa shape index (κ3) is 2.88. The highest BCUT2D eigenvalue weighted by Gasteiger charge is 2.22. The molecular formula is C17H17BrFN. The molecule has 1 saturated heterocycles. The predicted octanol–water partition coefficient (Wildman–Crippen LogP) is 4.97. The van der Waals surface area contributed by atoms with Crippen LogP contribution < -0.4 is 4.90 Å². The van der Waals surface area contributed by atoms with Crippen molar-refractivity contribution in [3.05, 3.63) is 64.4 Å². The minimum Gasteiger partial charge on any atom is -0.369 e. The van der Waals surface area contributed by atoms with Crippen LogP contribution in [0.15, 0.2) is 53.0 Å². The molecular weight excluding hydrogens is 317 g/mol. The Morgan fingerprint density at radius 3 is 2.25 bits per heavy atom. The quantitative estimate of drug-likeness (QED) is 0.749. The maximum atomic E-state index is 13.8. The molecule has 1 heterocycles. The molecule has 0 aromatic heterocycles. The highest BCUT2D eigenvalue weighted by atomic mass is 79.9. The molecule has 3 heteroatoms. The van der Waals surface area contributed by atoms with E-state index in [1.54, 1.807) is 6.07 Å². The van der Waals surface area contributed by atoms with E-state index in [0.717, 1.165) is 36.1 Å². The number of benzene rings is 2. The molecule has 0 saturated carbocycles. The second-order valence-corrected chi connectivity index (χ2v) is 6.18. The van der Waals surface area contributed by atoms with Gasteiger partial charge in [-0.05, 0) is 48.6 Å². The standard InChI is InChI=1S/C17H17BrFN/c18-15-7-5-13(6-8-15)14-9-11-20(12-10-14)17-4-2-1-3-16(17)19/h1-8,14H,9-12H2. The van der Waals surface area contributed by atoms with Gasteiger partial charge in [0.25, 0.3) is 0 Å². The van der Waals surface area contributed by atoms with Crippen molar-refractivity contribution in [1.82, 2.24) is 0 Å². The Hall–Kier alpha value is -1.35. The van der Waals surface area contributed by atoms with E-state index in [-0.39, 0.29) is 5.82 Å². The lowest BCUT2D eigenvalue weighted by Gasteiger charge is -2.34. The van der Waals surface area contributed by atoms with Gasteiger partial charge in [-0.2, -0.15) is 0 Å². The molecule has 1 aliphatic rings. The molecule has 1 nitrogen and oxygen atoms in total. The fraction of sp³-hybridized carbons (Fsp3) is 0.294. The molecule has 20 heavy (non-hydrogen) atoms. The first-order valence-electron chi connectivity index (χ1n) is 6.99. The van der Waals surface area contributed by atoms with Crippen LogP contribution in [0, 0.1) is 5.82 Å². The first-order chi connectivity index (χ1) is 9.74. The van der Waals surface area contributed by atoms with Crippen LogP contribution in [0.5, 0.6) is 0 Å². The number of rotatable bonds is 2. The first kappa shape index (κ1) is 13.6. The summed E-state index contributed by atoms with van der Waals surface area (Å²) in [4.78, 5) is 2.16. The van der Waals surface area contributed by atoms with Crippen LogP contribution in [-0.2, 0) is 0 Å². The van der Waals surface area contributed by atoms with E-state index < -0.39 is 0 Å². The van der Waals surface area contributed by atoms with E-state index in [1.165, 1.54) is 11.6 Å². The molecule has 0 atom stereocenters. The summed E-state index contributed by atoms with van der Waals surface area (Å²) in [5.74, 6) is 0.473. The van der Waals surface area contributed by atoms with Crippen molar-refractivity contribution in [1.29, 1.82) is 0 Å². The van der Waals surface area contributed by atoms with Crippen LogP contribution in [0.1, 0.15) is 24.3 Å². The van der Waals surface area contributed by atoms with Crippen LogP contribution in [0.4, 0.5) is 10.1 Å². The normalized spacial score (nSPS) is 16.4. The monoisotopic (exact) mass is 333 g/mol. The largest absolute Gasteiger partial charge is 0.369 e. The van der Waals surface area contributed by atoms with E-state index in [2.05, 4.69) is 45.1 Å². The smallest absolute Gasteiger partial charge is 0.146 e. The maximum absolute atomic E-state index is 13.8. The van der Waals surface area contributed by atoms with Gasteiger partial charge < -0.3 is 4.90 Å². The molecule has 0 amide bonds. The van der Waals surface area contributed by atoms with Gasteiger partial charge in [-0.15, -0.1) is 0 Å². The first-order valence-corrected chi connectivity index (χ1v) is 7.78. The zero-order chi connectivity index (χ0) is 13.9. The Labute approximate surface area is 127 Å². The lowest BCUT2D eigenvalue weighted by atomic mass is 9.89. The topological polar surface area (TPSA) is 3.24 Å². The van der Waals surface area contributed by atoms with Crippen molar-refractivity contribution >= 4 is 21.6 Å². The van der Waals surface area contributed by atoms with Crippen molar-refractivity contribution in [2.24, 2.45) is 0 Å². The van der Waals surface area contributed by atoms with Crippen molar-refractivity contribution in [3.63, 3.8) is 0 Å². The van der Waals surface area contributed by atoms with Crippen LogP contribution in [0.25, 0.3) is 0 Å². The second-order valence-electron chi connectivity index (χ2n) is 5.26. The Bertz CT molecular complexity index is 574. The van der Waals surface area contributed by atoms with Crippen molar-refractivity contribution in [2.75, 3.05) is 18.0 Å². The lowest BCUT2D eigenvalue weighted by molar-refractivity contribution is 0.497.